The number of fused-ring (bicyclic) bond motifs is 1. The summed E-state index contributed by atoms with van der Waals surface area (Å²) in [4.78, 5) is 0. The number of rotatable bonds is 1. The zero-order chi connectivity index (χ0) is 12.1. The van der Waals surface area contributed by atoms with Gasteiger partial charge in [-0.25, -0.2) is 0 Å². The van der Waals surface area contributed by atoms with E-state index in [1.54, 1.807) is 0 Å². The van der Waals surface area contributed by atoms with E-state index < -0.39 is 11.7 Å². The maximum Gasteiger partial charge on any atom is 0.416 e. The van der Waals surface area contributed by atoms with Crippen LogP contribution < -0.4 is 5.32 Å². The van der Waals surface area contributed by atoms with E-state index in [4.69, 9.17) is 0 Å². The van der Waals surface area contributed by atoms with Crippen LogP contribution in [0.5, 0.6) is 0 Å². The summed E-state index contributed by atoms with van der Waals surface area (Å²) in [5.41, 5.74) is 0.388. The maximum absolute atomic E-state index is 12.7. The molecular formula is C13H14F3N. The maximum atomic E-state index is 12.7. The Morgan fingerprint density at radius 2 is 2.12 bits per heavy atom. The van der Waals surface area contributed by atoms with Gasteiger partial charge in [0, 0.05) is 5.41 Å². The predicted octanol–water partition coefficient (Wildman–Crippen LogP) is 2.96. The molecule has 0 unspecified atom stereocenters. The standard InChI is InChI=1S/C13H14F3N/c14-13(15,16)10-3-1-2-9(6-10)12-4-5-17-8-11(12)7-12/h1-3,6,11,17H,4-5,7-8H2/t11-,12-/m1/s1. The second-order valence-corrected chi connectivity index (χ2v) is 5.09. The fourth-order valence-electron chi connectivity index (χ4n) is 3.05. The molecule has 2 atom stereocenters. The SMILES string of the molecule is FC(F)(F)c1cccc([C@]23CCNC[C@H]2C3)c1. The molecule has 2 aliphatic rings. The molecule has 1 heterocycles. The molecule has 2 fully saturated rings. The largest absolute Gasteiger partial charge is 0.416 e. The number of alkyl halides is 3. The van der Waals surface area contributed by atoms with Gasteiger partial charge in [-0.3, -0.25) is 0 Å². The zero-order valence-electron chi connectivity index (χ0n) is 9.35. The first-order valence-corrected chi connectivity index (χ1v) is 5.91. The van der Waals surface area contributed by atoms with Crippen LogP contribution in [0.25, 0.3) is 0 Å². The minimum atomic E-state index is -4.23. The first kappa shape index (κ1) is 11.1. The number of halogens is 3. The number of piperidine rings is 1. The van der Waals surface area contributed by atoms with Crippen molar-refractivity contribution < 1.29 is 13.2 Å². The fourth-order valence-corrected chi connectivity index (χ4v) is 3.05. The Morgan fingerprint density at radius 1 is 1.29 bits per heavy atom. The summed E-state index contributed by atoms with van der Waals surface area (Å²) in [5, 5.41) is 3.29. The van der Waals surface area contributed by atoms with Gasteiger partial charge in [-0.1, -0.05) is 18.2 Å². The van der Waals surface area contributed by atoms with Crippen molar-refractivity contribution in [2.75, 3.05) is 13.1 Å². The predicted molar refractivity (Wildman–Crippen MR) is 58.7 cm³/mol. The van der Waals surface area contributed by atoms with Gasteiger partial charge in [-0.05, 0) is 43.5 Å². The molecule has 1 saturated carbocycles. The molecule has 1 aliphatic heterocycles. The van der Waals surface area contributed by atoms with Crippen molar-refractivity contribution >= 4 is 0 Å². The third-order valence-electron chi connectivity index (χ3n) is 4.14. The van der Waals surface area contributed by atoms with Crippen LogP contribution in [0.3, 0.4) is 0 Å². The van der Waals surface area contributed by atoms with Gasteiger partial charge in [-0.2, -0.15) is 13.2 Å². The van der Waals surface area contributed by atoms with E-state index in [1.807, 2.05) is 6.07 Å². The highest BCUT2D eigenvalue weighted by Gasteiger charge is 2.56. The van der Waals surface area contributed by atoms with E-state index >= 15 is 0 Å². The monoisotopic (exact) mass is 241 g/mol. The number of nitrogens with one attached hydrogen (secondary N) is 1. The molecule has 0 radical (unpaired) electrons. The van der Waals surface area contributed by atoms with Crippen molar-refractivity contribution in [3.05, 3.63) is 35.4 Å². The molecule has 1 nitrogen and oxygen atoms in total. The van der Waals surface area contributed by atoms with Gasteiger partial charge in [0.05, 0.1) is 5.56 Å². The minimum absolute atomic E-state index is 0.0342. The Bertz CT molecular complexity index is 441. The lowest BCUT2D eigenvalue weighted by Gasteiger charge is -2.24. The van der Waals surface area contributed by atoms with Gasteiger partial charge in [0.1, 0.15) is 0 Å². The topological polar surface area (TPSA) is 12.0 Å². The van der Waals surface area contributed by atoms with Crippen molar-refractivity contribution in [2.24, 2.45) is 5.92 Å². The lowest BCUT2D eigenvalue weighted by atomic mass is 9.87. The Balaban J connectivity index is 1.94. The molecule has 0 bridgehead atoms. The van der Waals surface area contributed by atoms with Gasteiger partial charge in [0.15, 0.2) is 0 Å². The van der Waals surface area contributed by atoms with E-state index in [1.165, 1.54) is 12.1 Å². The molecule has 0 spiro atoms. The highest BCUT2D eigenvalue weighted by atomic mass is 19.4. The first-order valence-electron chi connectivity index (χ1n) is 5.91. The molecule has 0 aromatic heterocycles. The van der Waals surface area contributed by atoms with E-state index in [9.17, 15) is 13.2 Å². The van der Waals surface area contributed by atoms with Crippen LogP contribution in [0.2, 0.25) is 0 Å². The van der Waals surface area contributed by atoms with E-state index in [0.29, 0.717) is 5.92 Å². The van der Waals surface area contributed by atoms with Crippen LogP contribution in [0, 0.1) is 5.92 Å². The fraction of sp³-hybridized carbons (Fsp3) is 0.538. The highest BCUT2D eigenvalue weighted by Crippen LogP contribution is 2.58. The molecule has 17 heavy (non-hydrogen) atoms. The van der Waals surface area contributed by atoms with Crippen LogP contribution in [0.15, 0.2) is 24.3 Å². The second kappa shape index (κ2) is 3.48. The summed E-state index contributed by atoms with van der Waals surface area (Å²) in [7, 11) is 0. The highest BCUT2D eigenvalue weighted by molar-refractivity contribution is 5.38. The van der Waals surface area contributed by atoms with Crippen molar-refractivity contribution in [3.63, 3.8) is 0 Å². The number of hydrogen-bond donors (Lipinski definition) is 1. The zero-order valence-corrected chi connectivity index (χ0v) is 9.35. The van der Waals surface area contributed by atoms with Crippen molar-refractivity contribution in [1.82, 2.24) is 5.32 Å². The van der Waals surface area contributed by atoms with E-state index in [2.05, 4.69) is 5.32 Å². The average Bonchev–Trinajstić information content (AvgIpc) is 3.04. The summed E-state index contributed by atoms with van der Waals surface area (Å²) in [6.45, 7) is 1.85. The molecule has 1 aromatic rings. The Labute approximate surface area is 98.0 Å². The van der Waals surface area contributed by atoms with Gasteiger partial charge >= 0.3 is 6.18 Å². The molecule has 1 saturated heterocycles. The van der Waals surface area contributed by atoms with Crippen molar-refractivity contribution in [3.8, 4) is 0 Å². The smallest absolute Gasteiger partial charge is 0.316 e. The minimum Gasteiger partial charge on any atom is -0.316 e. The van der Waals surface area contributed by atoms with Crippen LogP contribution in [-0.4, -0.2) is 13.1 Å². The summed E-state index contributed by atoms with van der Waals surface area (Å²) >= 11 is 0. The summed E-state index contributed by atoms with van der Waals surface area (Å²) in [5.74, 6) is 0.528. The molecule has 4 heteroatoms. The molecule has 3 rings (SSSR count). The number of benzene rings is 1. The Kier molecular flexibility index (Phi) is 2.27. The number of hydrogen-bond acceptors (Lipinski definition) is 1. The average molecular weight is 241 g/mol. The first-order chi connectivity index (χ1) is 8.02. The van der Waals surface area contributed by atoms with Crippen LogP contribution >= 0.6 is 0 Å². The van der Waals surface area contributed by atoms with E-state index in [-0.39, 0.29) is 5.41 Å². The van der Waals surface area contributed by atoms with Crippen molar-refractivity contribution in [2.45, 2.75) is 24.4 Å². The van der Waals surface area contributed by atoms with Gasteiger partial charge in [-0.15, -0.1) is 0 Å². The summed E-state index contributed by atoms with van der Waals surface area (Å²) in [6, 6.07) is 5.87. The second-order valence-electron chi connectivity index (χ2n) is 5.09. The molecule has 1 N–H and O–H groups in total. The summed E-state index contributed by atoms with van der Waals surface area (Å²) < 4.78 is 38.0. The molecular weight excluding hydrogens is 227 g/mol. The molecule has 0 amide bonds. The van der Waals surface area contributed by atoms with Crippen LogP contribution in [0.1, 0.15) is 24.0 Å². The third-order valence-corrected chi connectivity index (χ3v) is 4.14. The quantitative estimate of drug-likeness (QED) is 0.797. The van der Waals surface area contributed by atoms with Gasteiger partial charge < -0.3 is 5.32 Å². The lowest BCUT2D eigenvalue weighted by molar-refractivity contribution is -0.137. The molecule has 1 aromatic carbocycles. The van der Waals surface area contributed by atoms with E-state index in [0.717, 1.165) is 37.6 Å². The van der Waals surface area contributed by atoms with Gasteiger partial charge in [0.2, 0.25) is 0 Å². The lowest BCUT2D eigenvalue weighted by Crippen LogP contribution is -2.31. The van der Waals surface area contributed by atoms with Crippen LogP contribution in [0.4, 0.5) is 13.2 Å². The normalized spacial score (nSPS) is 32.1. The Morgan fingerprint density at radius 3 is 2.82 bits per heavy atom. The van der Waals surface area contributed by atoms with Crippen LogP contribution in [-0.2, 0) is 11.6 Å². The third kappa shape index (κ3) is 1.75. The van der Waals surface area contributed by atoms with Gasteiger partial charge in [0.25, 0.3) is 0 Å². The summed E-state index contributed by atoms with van der Waals surface area (Å²) in [6.07, 6.45) is -2.25. The molecule has 92 valence electrons. The Hall–Kier alpha value is -1.03. The van der Waals surface area contributed by atoms with Crippen molar-refractivity contribution in [1.29, 1.82) is 0 Å². The molecule has 1 aliphatic carbocycles.